The highest BCUT2D eigenvalue weighted by atomic mass is 16.5. The molecular weight excluding hydrogens is 204 g/mol. The summed E-state index contributed by atoms with van der Waals surface area (Å²) in [6.07, 6.45) is 0.726. The van der Waals surface area contributed by atoms with Gasteiger partial charge in [-0.1, -0.05) is 0 Å². The van der Waals surface area contributed by atoms with Crippen LogP contribution in [-0.2, 0) is 11.2 Å². The number of pyridine rings is 1. The van der Waals surface area contributed by atoms with E-state index in [0.29, 0.717) is 13.2 Å². The molecule has 0 aliphatic rings. The van der Waals surface area contributed by atoms with Crippen molar-refractivity contribution >= 4 is 0 Å². The highest BCUT2D eigenvalue weighted by Crippen LogP contribution is 2.18. The van der Waals surface area contributed by atoms with Crippen molar-refractivity contribution in [1.29, 1.82) is 0 Å². The lowest BCUT2D eigenvalue weighted by Crippen LogP contribution is -2.19. The number of nitrogens with zero attached hydrogens (tertiary/aromatic N) is 1. The van der Waals surface area contributed by atoms with Crippen LogP contribution < -0.4 is 10.5 Å². The van der Waals surface area contributed by atoms with E-state index in [1.54, 1.807) is 7.11 Å². The van der Waals surface area contributed by atoms with Crippen molar-refractivity contribution in [2.24, 2.45) is 5.73 Å². The third-order valence-corrected chi connectivity index (χ3v) is 2.13. The van der Waals surface area contributed by atoms with Crippen LogP contribution in [0.15, 0.2) is 12.1 Å². The van der Waals surface area contributed by atoms with Gasteiger partial charge in [0.25, 0.3) is 0 Å². The van der Waals surface area contributed by atoms with Gasteiger partial charge < -0.3 is 15.2 Å². The maximum absolute atomic E-state index is 5.78. The van der Waals surface area contributed by atoms with Crippen molar-refractivity contribution < 1.29 is 9.47 Å². The minimum atomic E-state index is 0.0825. The van der Waals surface area contributed by atoms with E-state index in [1.807, 2.05) is 26.0 Å². The largest absolute Gasteiger partial charge is 0.489 e. The second-order valence-corrected chi connectivity index (χ2v) is 3.92. The van der Waals surface area contributed by atoms with E-state index in [1.165, 1.54) is 0 Å². The first-order chi connectivity index (χ1) is 7.63. The average Bonchev–Trinajstić information content (AvgIpc) is 2.20. The molecule has 0 bridgehead atoms. The maximum Gasteiger partial charge on any atom is 0.140 e. The van der Waals surface area contributed by atoms with Crippen molar-refractivity contribution in [3.05, 3.63) is 23.5 Å². The lowest BCUT2D eigenvalue weighted by molar-refractivity contribution is 0.145. The second-order valence-electron chi connectivity index (χ2n) is 3.92. The van der Waals surface area contributed by atoms with Gasteiger partial charge in [-0.25, -0.2) is 0 Å². The van der Waals surface area contributed by atoms with E-state index in [9.17, 15) is 0 Å². The van der Waals surface area contributed by atoms with Gasteiger partial charge >= 0.3 is 0 Å². The van der Waals surface area contributed by atoms with Gasteiger partial charge in [0, 0.05) is 25.3 Å². The van der Waals surface area contributed by atoms with E-state index in [-0.39, 0.29) is 6.04 Å². The maximum atomic E-state index is 5.78. The molecular formula is C12H20N2O2. The molecule has 4 nitrogen and oxygen atoms in total. The average molecular weight is 224 g/mol. The number of hydrogen-bond donors (Lipinski definition) is 1. The Balaban J connectivity index is 2.72. The van der Waals surface area contributed by atoms with E-state index in [0.717, 1.165) is 23.6 Å². The molecule has 0 spiro atoms. The molecule has 0 aliphatic carbocycles. The molecule has 0 saturated carbocycles. The first-order valence-corrected chi connectivity index (χ1v) is 5.47. The quantitative estimate of drug-likeness (QED) is 0.740. The highest BCUT2D eigenvalue weighted by Gasteiger charge is 2.08. The Hall–Kier alpha value is -1.13. The van der Waals surface area contributed by atoms with Crippen LogP contribution in [0.4, 0.5) is 0 Å². The number of nitrogens with two attached hydrogens (primary N) is 1. The van der Waals surface area contributed by atoms with Crippen LogP contribution in [-0.4, -0.2) is 31.3 Å². The van der Waals surface area contributed by atoms with Gasteiger partial charge in [0.2, 0.25) is 0 Å². The molecule has 1 unspecified atom stereocenters. The molecule has 2 N–H and O–H groups in total. The summed E-state index contributed by atoms with van der Waals surface area (Å²) in [7, 11) is 1.65. The summed E-state index contributed by atoms with van der Waals surface area (Å²) in [5, 5.41) is 0. The Kier molecular flexibility index (Phi) is 5.22. The van der Waals surface area contributed by atoms with Gasteiger partial charge in [-0.3, -0.25) is 4.98 Å². The van der Waals surface area contributed by atoms with Crippen LogP contribution in [0.25, 0.3) is 0 Å². The van der Waals surface area contributed by atoms with Gasteiger partial charge in [-0.05, 0) is 26.0 Å². The van der Waals surface area contributed by atoms with Crippen LogP contribution in [0.1, 0.15) is 18.3 Å². The molecule has 1 rings (SSSR count). The first-order valence-electron chi connectivity index (χ1n) is 5.47. The summed E-state index contributed by atoms with van der Waals surface area (Å²) in [6.45, 7) is 5.03. The number of methoxy groups -OCH3 is 1. The van der Waals surface area contributed by atoms with Gasteiger partial charge in [0.05, 0.1) is 12.3 Å². The molecule has 0 fully saturated rings. The van der Waals surface area contributed by atoms with E-state index < -0.39 is 0 Å². The van der Waals surface area contributed by atoms with E-state index in [2.05, 4.69) is 4.98 Å². The second kappa shape index (κ2) is 6.45. The zero-order valence-corrected chi connectivity index (χ0v) is 10.2. The fraction of sp³-hybridized carbons (Fsp3) is 0.583. The van der Waals surface area contributed by atoms with Crippen molar-refractivity contribution in [3.8, 4) is 5.75 Å². The molecule has 1 aromatic rings. The highest BCUT2D eigenvalue weighted by molar-refractivity contribution is 5.29. The number of aryl methyl sites for hydroxylation is 1. The van der Waals surface area contributed by atoms with Crippen molar-refractivity contribution in [2.75, 3.05) is 20.3 Å². The minimum absolute atomic E-state index is 0.0825. The predicted octanol–water partition coefficient (Wildman–Crippen LogP) is 1.30. The number of aromatic nitrogens is 1. The fourth-order valence-corrected chi connectivity index (χ4v) is 1.42. The van der Waals surface area contributed by atoms with Crippen LogP contribution in [0, 0.1) is 6.92 Å². The van der Waals surface area contributed by atoms with Gasteiger partial charge in [-0.2, -0.15) is 0 Å². The Morgan fingerprint density at radius 1 is 1.38 bits per heavy atom. The van der Waals surface area contributed by atoms with Crippen molar-refractivity contribution in [3.63, 3.8) is 0 Å². The zero-order chi connectivity index (χ0) is 12.0. The molecule has 0 aromatic carbocycles. The molecule has 0 aliphatic heterocycles. The lowest BCUT2D eigenvalue weighted by Gasteiger charge is -2.12. The number of ether oxygens (including phenoxy) is 2. The third kappa shape index (κ3) is 4.16. The molecule has 1 aromatic heterocycles. The third-order valence-electron chi connectivity index (χ3n) is 2.13. The summed E-state index contributed by atoms with van der Waals surface area (Å²) < 4.78 is 10.5. The fourth-order valence-electron chi connectivity index (χ4n) is 1.42. The zero-order valence-electron chi connectivity index (χ0n) is 10.2. The monoisotopic (exact) mass is 224 g/mol. The van der Waals surface area contributed by atoms with Crippen LogP contribution >= 0.6 is 0 Å². The van der Waals surface area contributed by atoms with Gasteiger partial charge in [0.15, 0.2) is 0 Å². The molecule has 1 atom stereocenters. The summed E-state index contributed by atoms with van der Waals surface area (Å²) >= 11 is 0. The van der Waals surface area contributed by atoms with Crippen LogP contribution in [0.3, 0.4) is 0 Å². The van der Waals surface area contributed by atoms with Gasteiger partial charge in [0.1, 0.15) is 12.4 Å². The standard InChI is InChI=1S/C12H20N2O2/c1-9(13)8-11-12(16-7-6-15-3)5-4-10(2)14-11/h4-5,9H,6-8,13H2,1-3H3. The predicted molar refractivity (Wildman–Crippen MR) is 63.7 cm³/mol. The van der Waals surface area contributed by atoms with E-state index in [4.69, 9.17) is 15.2 Å². The van der Waals surface area contributed by atoms with Crippen LogP contribution in [0.5, 0.6) is 5.75 Å². The van der Waals surface area contributed by atoms with Crippen molar-refractivity contribution in [2.45, 2.75) is 26.3 Å². The molecule has 0 amide bonds. The van der Waals surface area contributed by atoms with Gasteiger partial charge in [-0.15, -0.1) is 0 Å². The summed E-state index contributed by atoms with van der Waals surface area (Å²) in [6, 6.07) is 3.96. The topological polar surface area (TPSA) is 57.4 Å². The number of hydrogen-bond acceptors (Lipinski definition) is 4. The number of rotatable bonds is 6. The summed E-state index contributed by atoms with van der Waals surface area (Å²) in [5.41, 5.74) is 7.68. The lowest BCUT2D eigenvalue weighted by atomic mass is 10.1. The first kappa shape index (κ1) is 12.9. The minimum Gasteiger partial charge on any atom is -0.489 e. The Morgan fingerprint density at radius 3 is 2.75 bits per heavy atom. The van der Waals surface area contributed by atoms with Crippen LogP contribution in [0.2, 0.25) is 0 Å². The molecule has 1 heterocycles. The summed E-state index contributed by atoms with van der Waals surface area (Å²) in [5.74, 6) is 0.806. The Morgan fingerprint density at radius 2 is 2.12 bits per heavy atom. The molecule has 4 heteroatoms. The van der Waals surface area contributed by atoms with E-state index >= 15 is 0 Å². The Bertz CT molecular complexity index is 327. The normalized spacial score (nSPS) is 12.5. The molecule has 0 radical (unpaired) electrons. The SMILES string of the molecule is COCCOc1ccc(C)nc1CC(C)N. The molecule has 16 heavy (non-hydrogen) atoms. The summed E-state index contributed by atoms with van der Waals surface area (Å²) in [4.78, 5) is 4.45. The Labute approximate surface area is 96.8 Å². The smallest absolute Gasteiger partial charge is 0.140 e. The van der Waals surface area contributed by atoms with Crippen molar-refractivity contribution in [1.82, 2.24) is 4.98 Å². The molecule has 0 saturated heterocycles. The molecule has 90 valence electrons.